The summed E-state index contributed by atoms with van der Waals surface area (Å²) in [5.74, 6) is -0.978. The third kappa shape index (κ3) is 67.3. The smallest absolute Gasteiger partial charge is 0.306 e. The van der Waals surface area contributed by atoms with Crippen LogP contribution >= 0.6 is 0 Å². The van der Waals surface area contributed by atoms with Gasteiger partial charge in [0.15, 0.2) is 6.10 Å². The van der Waals surface area contributed by atoms with E-state index in [0.29, 0.717) is 19.3 Å². The van der Waals surface area contributed by atoms with Crippen LogP contribution in [0.3, 0.4) is 0 Å². The predicted molar refractivity (Wildman–Crippen MR) is 353 cm³/mol. The summed E-state index contributed by atoms with van der Waals surface area (Å²) < 4.78 is 16.9. The maximum absolute atomic E-state index is 12.9. The number of carbonyl (C=O) groups excluding carboxylic acids is 3. The molecule has 0 saturated heterocycles. The molecule has 6 nitrogen and oxygen atoms in total. The normalized spacial score (nSPS) is 12.6. The van der Waals surface area contributed by atoms with Crippen LogP contribution in [0.15, 0.2) is 85.1 Å². The SMILES string of the molecule is CC/C=C\C/C=C\C/C=C\C/C=C\CCC(=O)OCC(COC(=O)CCCCCCCCCCCCCCCCCCCCCCC/C=C\CCCCCCCCCC)OC(=O)CCCCCCCCC/C=C\C/C=C\CCCCC. The lowest BCUT2D eigenvalue weighted by Crippen LogP contribution is -2.30. The summed E-state index contributed by atoms with van der Waals surface area (Å²) in [5.41, 5.74) is 0. The lowest BCUT2D eigenvalue weighted by molar-refractivity contribution is -0.166. The van der Waals surface area contributed by atoms with Crippen molar-refractivity contribution in [3.63, 3.8) is 0 Å². The highest BCUT2D eigenvalue weighted by molar-refractivity contribution is 5.71. The summed E-state index contributed by atoms with van der Waals surface area (Å²) in [6.07, 6.45) is 92.2. The molecule has 0 saturated carbocycles. The molecule has 0 aromatic heterocycles. The second kappa shape index (κ2) is 69.1. The monoisotopic (exact) mass is 1130 g/mol. The Bertz CT molecular complexity index is 1530. The van der Waals surface area contributed by atoms with Crippen molar-refractivity contribution < 1.29 is 28.6 Å². The summed E-state index contributed by atoms with van der Waals surface area (Å²) in [6.45, 7) is 6.47. The average molecular weight is 1130 g/mol. The lowest BCUT2D eigenvalue weighted by Gasteiger charge is -2.18. The number of unbranched alkanes of at least 4 members (excludes halogenated alkanes) is 39. The molecule has 1 atom stereocenters. The Labute approximate surface area is 503 Å². The molecule has 0 bridgehead atoms. The molecule has 0 aliphatic heterocycles. The minimum absolute atomic E-state index is 0.0992. The fraction of sp³-hybridized carbons (Fsp3) is 0.773. The van der Waals surface area contributed by atoms with Crippen molar-refractivity contribution >= 4 is 17.9 Å². The van der Waals surface area contributed by atoms with Gasteiger partial charge in [-0.15, -0.1) is 0 Å². The molecule has 1 unspecified atom stereocenters. The van der Waals surface area contributed by atoms with E-state index in [0.717, 1.165) is 77.0 Å². The van der Waals surface area contributed by atoms with Gasteiger partial charge in [0.05, 0.1) is 0 Å². The molecule has 468 valence electrons. The topological polar surface area (TPSA) is 78.9 Å². The molecule has 0 spiro atoms. The number of hydrogen-bond acceptors (Lipinski definition) is 6. The van der Waals surface area contributed by atoms with Crippen LogP contribution in [0.4, 0.5) is 0 Å². The minimum Gasteiger partial charge on any atom is -0.462 e. The van der Waals surface area contributed by atoms with Gasteiger partial charge in [-0.05, 0) is 103 Å². The van der Waals surface area contributed by atoms with E-state index >= 15 is 0 Å². The standard InChI is InChI=1S/C75H132O6/c1-4-7-10-13-16-19-22-25-27-29-30-31-32-33-34-35-36-37-38-39-40-41-42-43-44-46-47-50-53-56-59-62-65-68-74(77)80-71-72(70-79-73(76)67-64-61-58-55-52-49-24-21-18-15-12-9-6-3)81-75(78)69-66-63-60-57-54-51-48-45-28-26-23-20-17-14-11-8-5-2/h9,12,17-18,20-21,26,28-30,49,52,58,61,72H,4-8,10-11,13-16,19,22-25,27,31-48,50-51,53-57,59-60,62-71H2,1-3H3/b12-9-,20-17-,21-18-,28-26-,30-29-,52-49-,61-58-. The zero-order valence-corrected chi connectivity index (χ0v) is 53.8. The van der Waals surface area contributed by atoms with Crippen molar-refractivity contribution in [2.75, 3.05) is 13.2 Å². The van der Waals surface area contributed by atoms with Crippen molar-refractivity contribution in [1.29, 1.82) is 0 Å². The van der Waals surface area contributed by atoms with Crippen LogP contribution in [0, 0.1) is 0 Å². The van der Waals surface area contributed by atoms with E-state index in [4.69, 9.17) is 14.2 Å². The van der Waals surface area contributed by atoms with E-state index in [1.807, 2.05) is 6.08 Å². The van der Waals surface area contributed by atoms with Gasteiger partial charge in [-0.1, -0.05) is 318 Å². The molecule has 0 aromatic rings. The highest BCUT2D eigenvalue weighted by Gasteiger charge is 2.19. The van der Waals surface area contributed by atoms with Gasteiger partial charge in [-0.2, -0.15) is 0 Å². The quantitative estimate of drug-likeness (QED) is 0.0261. The Morgan fingerprint density at radius 1 is 0.259 bits per heavy atom. The van der Waals surface area contributed by atoms with Crippen LogP contribution in [0.25, 0.3) is 0 Å². The van der Waals surface area contributed by atoms with Gasteiger partial charge in [-0.25, -0.2) is 0 Å². The number of allylic oxidation sites excluding steroid dienone is 14. The fourth-order valence-corrected chi connectivity index (χ4v) is 10.1. The van der Waals surface area contributed by atoms with Crippen LogP contribution in [-0.4, -0.2) is 37.2 Å². The molecular formula is C75H132O6. The highest BCUT2D eigenvalue weighted by atomic mass is 16.6. The van der Waals surface area contributed by atoms with Gasteiger partial charge >= 0.3 is 17.9 Å². The van der Waals surface area contributed by atoms with Gasteiger partial charge in [0, 0.05) is 19.3 Å². The zero-order chi connectivity index (χ0) is 58.5. The van der Waals surface area contributed by atoms with Crippen LogP contribution < -0.4 is 0 Å². The van der Waals surface area contributed by atoms with Gasteiger partial charge in [0.2, 0.25) is 0 Å². The Hall–Kier alpha value is -3.41. The largest absolute Gasteiger partial charge is 0.462 e. The molecule has 0 aromatic carbocycles. The Morgan fingerprint density at radius 2 is 0.506 bits per heavy atom. The zero-order valence-electron chi connectivity index (χ0n) is 53.8. The van der Waals surface area contributed by atoms with Crippen LogP contribution in [0.2, 0.25) is 0 Å². The lowest BCUT2D eigenvalue weighted by atomic mass is 10.0. The summed E-state index contributed by atoms with van der Waals surface area (Å²) in [5, 5.41) is 0. The summed E-state index contributed by atoms with van der Waals surface area (Å²) in [7, 11) is 0. The van der Waals surface area contributed by atoms with Crippen LogP contribution in [-0.2, 0) is 28.6 Å². The Balaban J connectivity index is 4.16. The van der Waals surface area contributed by atoms with Crippen LogP contribution in [0.1, 0.15) is 355 Å². The third-order valence-electron chi connectivity index (χ3n) is 15.4. The third-order valence-corrected chi connectivity index (χ3v) is 15.4. The summed E-state index contributed by atoms with van der Waals surface area (Å²) in [4.78, 5) is 38.3. The number of esters is 3. The molecule has 0 aliphatic carbocycles. The number of carbonyl (C=O) groups is 3. The van der Waals surface area contributed by atoms with Crippen molar-refractivity contribution in [1.82, 2.24) is 0 Å². The highest BCUT2D eigenvalue weighted by Crippen LogP contribution is 2.18. The van der Waals surface area contributed by atoms with E-state index in [1.54, 1.807) is 0 Å². The maximum Gasteiger partial charge on any atom is 0.306 e. The first-order chi connectivity index (χ1) is 40.0. The van der Waals surface area contributed by atoms with Gasteiger partial charge in [-0.3, -0.25) is 14.4 Å². The molecule has 0 fully saturated rings. The van der Waals surface area contributed by atoms with Crippen LogP contribution in [0.5, 0.6) is 0 Å². The number of rotatable bonds is 64. The van der Waals surface area contributed by atoms with Crippen molar-refractivity contribution in [2.24, 2.45) is 0 Å². The average Bonchev–Trinajstić information content (AvgIpc) is 3.46. The number of ether oxygens (including phenoxy) is 3. The van der Waals surface area contributed by atoms with E-state index in [1.165, 1.54) is 231 Å². The summed E-state index contributed by atoms with van der Waals surface area (Å²) >= 11 is 0. The first kappa shape index (κ1) is 77.6. The van der Waals surface area contributed by atoms with E-state index in [2.05, 4.69) is 99.8 Å². The van der Waals surface area contributed by atoms with E-state index < -0.39 is 6.10 Å². The minimum atomic E-state index is -0.810. The molecule has 0 heterocycles. The maximum atomic E-state index is 12.9. The van der Waals surface area contributed by atoms with Crippen molar-refractivity contribution in [3.05, 3.63) is 85.1 Å². The molecule has 0 amide bonds. The van der Waals surface area contributed by atoms with Gasteiger partial charge in [0.25, 0.3) is 0 Å². The molecule has 0 N–H and O–H groups in total. The van der Waals surface area contributed by atoms with Crippen molar-refractivity contribution in [3.8, 4) is 0 Å². The second-order valence-corrected chi connectivity index (χ2v) is 23.4. The van der Waals surface area contributed by atoms with Crippen molar-refractivity contribution in [2.45, 2.75) is 361 Å². The molecule has 81 heavy (non-hydrogen) atoms. The molecule has 0 rings (SSSR count). The molecule has 0 radical (unpaired) electrons. The molecular weight excluding hydrogens is 997 g/mol. The van der Waals surface area contributed by atoms with E-state index in [-0.39, 0.29) is 37.5 Å². The van der Waals surface area contributed by atoms with Gasteiger partial charge in [0.1, 0.15) is 13.2 Å². The Morgan fingerprint density at radius 3 is 0.864 bits per heavy atom. The molecule has 0 aliphatic rings. The Kier molecular flexibility index (Phi) is 66.2. The predicted octanol–water partition coefficient (Wildman–Crippen LogP) is 24.2. The summed E-state index contributed by atoms with van der Waals surface area (Å²) in [6, 6.07) is 0. The van der Waals surface area contributed by atoms with E-state index in [9.17, 15) is 14.4 Å². The molecule has 6 heteroatoms. The van der Waals surface area contributed by atoms with Gasteiger partial charge < -0.3 is 14.2 Å². The second-order valence-electron chi connectivity index (χ2n) is 23.4. The first-order valence-corrected chi connectivity index (χ1v) is 35.1. The first-order valence-electron chi connectivity index (χ1n) is 35.1. The number of hydrogen-bond donors (Lipinski definition) is 0. The fourth-order valence-electron chi connectivity index (χ4n) is 10.1.